The van der Waals surface area contributed by atoms with Crippen LogP contribution in [-0.4, -0.2) is 59.1 Å². The molecule has 34 heavy (non-hydrogen) atoms. The molecule has 2 aromatic heterocycles. The quantitative estimate of drug-likeness (QED) is 0.390. The standard InChI is InChI=1S/C25H30F3N3O2S/c1-5-18(15-30-8-10-34-11-9-30)31-14-17(3)24-21(31)12-16(2)23(29-24)20-7-6-19(13-22(20)32-4)33-25(26,27)28/h6-7,12-14,18H,5,8-11,15H2,1-4H3/t18-/m0/s1. The van der Waals surface area contributed by atoms with Crippen LogP contribution in [0, 0.1) is 13.8 Å². The van der Waals surface area contributed by atoms with Gasteiger partial charge in [0, 0.05) is 55.0 Å². The van der Waals surface area contributed by atoms with Crippen LogP contribution in [0.3, 0.4) is 0 Å². The Labute approximate surface area is 202 Å². The Morgan fingerprint density at radius 3 is 2.50 bits per heavy atom. The van der Waals surface area contributed by atoms with Gasteiger partial charge in [0.1, 0.15) is 11.5 Å². The zero-order valence-corrected chi connectivity index (χ0v) is 20.7. The lowest BCUT2D eigenvalue weighted by Crippen LogP contribution is -2.37. The minimum absolute atomic E-state index is 0.281. The highest BCUT2D eigenvalue weighted by molar-refractivity contribution is 7.99. The fourth-order valence-electron chi connectivity index (χ4n) is 4.56. The van der Waals surface area contributed by atoms with E-state index < -0.39 is 6.36 Å². The first kappa shape index (κ1) is 24.7. The molecule has 5 nitrogen and oxygen atoms in total. The van der Waals surface area contributed by atoms with Crippen molar-refractivity contribution in [3.8, 4) is 22.8 Å². The highest BCUT2D eigenvalue weighted by Crippen LogP contribution is 2.37. The number of nitrogens with zero attached hydrogens (tertiary/aromatic N) is 3. The number of hydrogen-bond acceptors (Lipinski definition) is 5. The summed E-state index contributed by atoms with van der Waals surface area (Å²) in [6.07, 6.45) is -1.57. The van der Waals surface area contributed by atoms with Crippen LogP contribution in [0.15, 0.2) is 30.5 Å². The van der Waals surface area contributed by atoms with Gasteiger partial charge in [-0.1, -0.05) is 6.92 Å². The number of methoxy groups -OCH3 is 1. The second kappa shape index (κ2) is 10.1. The molecule has 0 bridgehead atoms. The van der Waals surface area contributed by atoms with Crippen molar-refractivity contribution in [2.45, 2.75) is 39.6 Å². The predicted molar refractivity (Wildman–Crippen MR) is 131 cm³/mol. The molecule has 0 amide bonds. The van der Waals surface area contributed by atoms with Crippen LogP contribution in [0.1, 0.15) is 30.5 Å². The average molecular weight is 494 g/mol. The van der Waals surface area contributed by atoms with E-state index in [9.17, 15) is 13.2 Å². The summed E-state index contributed by atoms with van der Waals surface area (Å²) < 4.78 is 49.7. The molecular formula is C25H30F3N3O2S. The van der Waals surface area contributed by atoms with Crippen molar-refractivity contribution < 1.29 is 22.6 Å². The lowest BCUT2D eigenvalue weighted by atomic mass is 10.0. The molecule has 1 atom stereocenters. The molecule has 0 N–H and O–H groups in total. The molecule has 9 heteroatoms. The summed E-state index contributed by atoms with van der Waals surface area (Å²) in [6.45, 7) is 9.48. The summed E-state index contributed by atoms with van der Waals surface area (Å²) in [5, 5.41) is 0. The fraction of sp³-hybridized carbons (Fsp3) is 0.480. The third kappa shape index (κ3) is 5.30. The van der Waals surface area contributed by atoms with E-state index in [1.165, 1.54) is 30.7 Å². The molecule has 3 aromatic rings. The summed E-state index contributed by atoms with van der Waals surface area (Å²) in [7, 11) is 1.43. The van der Waals surface area contributed by atoms with Gasteiger partial charge in [-0.15, -0.1) is 13.2 Å². The van der Waals surface area contributed by atoms with Gasteiger partial charge >= 0.3 is 6.36 Å². The van der Waals surface area contributed by atoms with Crippen LogP contribution in [0.4, 0.5) is 13.2 Å². The van der Waals surface area contributed by atoms with Crippen molar-refractivity contribution in [1.29, 1.82) is 0 Å². The van der Waals surface area contributed by atoms with E-state index in [1.807, 2.05) is 25.6 Å². The van der Waals surface area contributed by atoms with Gasteiger partial charge in [0.2, 0.25) is 0 Å². The van der Waals surface area contributed by atoms with Gasteiger partial charge in [0.05, 0.1) is 23.8 Å². The number of aromatic nitrogens is 2. The van der Waals surface area contributed by atoms with Crippen molar-refractivity contribution in [1.82, 2.24) is 14.5 Å². The van der Waals surface area contributed by atoms with Crippen molar-refractivity contribution in [2.75, 3.05) is 38.2 Å². The Morgan fingerprint density at radius 1 is 1.12 bits per heavy atom. The van der Waals surface area contributed by atoms with Crippen molar-refractivity contribution >= 4 is 22.8 Å². The first-order valence-corrected chi connectivity index (χ1v) is 12.6. The smallest absolute Gasteiger partial charge is 0.496 e. The number of benzene rings is 1. The fourth-order valence-corrected chi connectivity index (χ4v) is 5.54. The molecule has 0 unspecified atom stereocenters. The van der Waals surface area contributed by atoms with Crippen LogP contribution >= 0.6 is 11.8 Å². The normalized spacial score (nSPS) is 16.1. The van der Waals surface area contributed by atoms with E-state index in [1.54, 1.807) is 6.07 Å². The molecule has 1 aliphatic rings. The molecule has 0 aliphatic carbocycles. The maximum absolute atomic E-state index is 12.6. The number of fused-ring (bicyclic) bond motifs is 1. The monoisotopic (exact) mass is 493 g/mol. The Kier molecular flexibility index (Phi) is 7.33. The molecular weight excluding hydrogens is 463 g/mol. The van der Waals surface area contributed by atoms with Crippen molar-refractivity contribution in [3.63, 3.8) is 0 Å². The first-order chi connectivity index (χ1) is 16.2. The van der Waals surface area contributed by atoms with Crippen LogP contribution in [-0.2, 0) is 0 Å². The molecule has 1 fully saturated rings. The van der Waals surface area contributed by atoms with Crippen LogP contribution in [0.2, 0.25) is 0 Å². The zero-order valence-electron chi connectivity index (χ0n) is 19.9. The van der Waals surface area contributed by atoms with Gasteiger partial charge in [-0.3, -0.25) is 4.90 Å². The van der Waals surface area contributed by atoms with E-state index in [4.69, 9.17) is 9.72 Å². The number of rotatable bonds is 7. The Hall–Kier alpha value is -2.39. The second-order valence-corrected chi connectivity index (χ2v) is 9.85. The van der Waals surface area contributed by atoms with E-state index in [0.29, 0.717) is 17.3 Å². The lowest BCUT2D eigenvalue weighted by molar-refractivity contribution is -0.274. The van der Waals surface area contributed by atoms with E-state index >= 15 is 0 Å². The van der Waals surface area contributed by atoms with Gasteiger partial charge in [-0.05, 0) is 49.6 Å². The Balaban J connectivity index is 1.71. The SMILES string of the molecule is CC[C@@H](CN1CCSCC1)n1cc(C)c2nc(-c3ccc(OC(F)(F)F)cc3OC)c(C)cc21. The largest absolute Gasteiger partial charge is 0.573 e. The average Bonchev–Trinajstić information content (AvgIpc) is 3.11. The van der Waals surface area contributed by atoms with Gasteiger partial charge in [0.15, 0.2) is 0 Å². The van der Waals surface area contributed by atoms with E-state index in [2.05, 4.69) is 33.4 Å². The summed E-state index contributed by atoms with van der Waals surface area (Å²) in [4.78, 5) is 7.50. The number of aryl methyl sites for hydroxylation is 2. The number of pyridine rings is 1. The molecule has 184 valence electrons. The second-order valence-electron chi connectivity index (χ2n) is 8.63. The number of hydrogen-bond donors (Lipinski definition) is 0. The van der Waals surface area contributed by atoms with Gasteiger partial charge < -0.3 is 14.0 Å². The van der Waals surface area contributed by atoms with Gasteiger partial charge in [-0.25, -0.2) is 4.98 Å². The molecule has 0 saturated carbocycles. The van der Waals surface area contributed by atoms with Crippen molar-refractivity contribution in [2.24, 2.45) is 0 Å². The van der Waals surface area contributed by atoms with E-state index in [-0.39, 0.29) is 11.5 Å². The van der Waals surface area contributed by atoms with Crippen LogP contribution in [0.5, 0.6) is 11.5 Å². The van der Waals surface area contributed by atoms with Gasteiger partial charge in [0.25, 0.3) is 0 Å². The molecule has 1 aliphatic heterocycles. The number of thioether (sulfide) groups is 1. The molecule has 0 spiro atoms. The Bertz CT molecular complexity index is 1160. The minimum Gasteiger partial charge on any atom is -0.496 e. The molecule has 3 heterocycles. The molecule has 4 rings (SSSR count). The third-order valence-corrected chi connectivity index (χ3v) is 7.22. The van der Waals surface area contributed by atoms with E-state index in [0.717, 1.165) is 48.2 Å². The number of ether oxygens (including phenoxy) is 2. The minimum atomic E-state index is -4.76. The molecule has 1 aromatic carbocycles. The molecule has 1 saturated heterocycles. The third-order valence-electron chi connectivity index (χ3n) is 6.28. The number of halogens is 3. The van der Waals surface area contributed by atoms with Gasteiger partial charge in [-0.2, -0.15) is 11.8 Å². The molecule has 0 radical (unpaired) electrons. The summed E-state index contributed by atoms with van der Waals surface area (Å²) in [6, 6.07) is 6.57. The maximum atomic E-state index is 12.6. The summed E-state index contributed by atoms with van der Waals surface area (Å²) in [5.41, 5.74) is 5.28. The summed E-state index contributed by atoms with van der Waals surface area (Å²) in [5.74, 6) is 2.32. The zero-order chi connectivity index (χ0) is 24.5. The highest BCUT2D eigenvalue weighted by Gasteiger charge is 2.31. The van der Waals surface area contributed by atoms with Crippen molar-refractivity contribution in [3.05, 3.63) is 41.6 Å². The van der Waals surface area contributed by atoms with Crippen LogP contribution in [0.25, 0.3) is 22.3 Å². The maximum Gasteiger partial charge on any atom is 0.573 e. The highest BCUT2D eigenvalue weighted by atomic mass is 32.2. The Morgan fingerprint density at radius 2 is 1.85 bits per heavy atom. The van der Waals surface area contributed by atoms with Crippen LogP contribution < -0.4 is 9.47 Å². The lowest BCUT2D eigenvalue weighted by Gasteiger charge is -2.31. The first-order valence-electron chi connectivity index (χ1n) is 11.4. The number of alkyl halides is 3. The predicted octanol–water partition coefficient (Wildman–Crippen LogP) is 6.23. The topological polar surface area (TPSA) is 39.5 Å². The summed E-state index contributed by atoms with van der Waals surface area (Å²) >= 11 is 2.01.